The molecule has 8 heteroatoms. The Labute approximate surface area is 167 Å². The van der Waals surface area contributed by atoms with E-state index in [1.165, 1.54) is 45.2 Å². The number of sulfonamides is 1. The summed E-state index contributed by atoms with van der Waals surface area (Å²) in [7, 11) is -3.85. The van der Waals surface area contributed by atoms with E-state index in [0.29, 0.717) is 12.5 Å². The summed E-state index contributed by atoms with van der Waals surface area (Å²) in [6, 6.07) is 5.18. The van der Waals surface area contributed by atoms with Crippen LogP contribution in [0, 0.1) is 12.8 Å². The monoisotopic (exact) mass is 410 g/mol. The summed E-state index contributed by atoms with van der Waals surface area (Å²) in [4.78, 5) is 24.4. The van der Waals surface area contributed by atoms with Gasteiger partial charge in [-0.1, -0.05) is 37.0 Å². The van der Waals surface area contributed by atoms with Gasteiger partial charge < -0.3 is 10.1 Å². The summed E-state index contributed by atoms with van der Waals surface area (Å²) < 4.78 is 32.1. The van der Waals surface area contributed by atoms with Crippen LogP contribution >= 0.6 is 0 Å². The van der Waals surface area contributed by atoms with Crippen LogP contribution in [0.15, 0.2) is 29.2 Å². The molecule has 156 valence electrons. The van der Waals surface area contributed by atoms with E-state index in [0.717, 1.165) is 18.4 Å². The summed E-state index contributed by atoms with van der Waals surface area (Å²) in [6.45, 7) is 5.30. The Balaban J connectivity index is 1.83. The number of carbonyl (C=O) groups is 2. The van der Waals surface area contributed by atoms with E-state index in [1.807, 2.05) is 6.92 Å². The maximum Gasteiger partial charge on any atom is 0.324 e. The lowest BCUT2D eigenvalue weighted by Gasteiger charge is -2.23. The molecular formula is C20H30N2O5S. The molecule has 1 aromatic rings. The van der Waals surface area contributed by atoms with Gasteiger partial charge in [-0.15, -0.1) is 0 Å². The number of hydrogen-bond acceptors (Lipinski definition) is 5. The molecule has 0 spiro atoms. The first kappa shape index (κ1) is 22.4. The smallest absolute Gasteiger partial charge is 0.324 e. The third-order valence-corrected chi connectivity index (χ3v) is 6.53. The Bertz CT molecular complexity index is 770. The summed E-state index contributed by atoms with van der Waals surface area (Å²) in [6.07, 6.45) is 4.84. The van der Waals surface area contributed by atoms with Crippen LogP contribution in [-0.4, -0.2) is 39.0 Å². The standard InChI is InChI=1S/C20H30N2O5S/c1-14-9-11-18(12-10-14)28(25,26)22-15(2)20(24)27-16(3)19(23)21-13-17-7-5-4-6-8-17/h9-12,15-17,22H,4-8,13H2,1-3H3,(H,21,23)/t15-,16?/m0/s1. The largest absolute Gasteiger partial charge is 0.451 e. The fourth-order valence-electron chi connectivity index (χ4n) is 3.18. The van der Waals surface area contributed by atoms with Gasteiger partial charge in [-0.05, 0) is 51.7 Å². The molecule has 28 heavy (non-hydrogen) atoms. The molecule has 2 N–H and O–H groups in total. The van der Waals surface area contributed by atoms with Gasteiger partial charge in [-0.2, -0.15) is 4.72 Å². The molecular weight excluding hydrogens is 380 g/mol. The highest BCUT2D eigenvalue weighted by Gasteiger charge is 2.26. The van der Waals surface area contributed by atoms with Crippen LogP contribution in [-0.2, 0) is 24.3 Å². The Hall–Kier alpha value is -1.93. The zero-order chi connectivity index (χ0) is 20.7. The topological polar surface area (TPSA) is 102 Å². The number of carbonyl (C=O) groups excluding carboxylic acids is 2. The lowest BCUT2D eigenvalue weighted by Crippen LogP contribution is -2.44. The Morgan fingerprint density at radius 2 is 1.71 bits per heavy atom. The van der Waals surface area contributed by atoms with Gasteiger partial charge >= 0.3 is 5.97 Å². The van der Waals surface area contributed by atoms with Crippen molar-refractivity contribution in [2.24, 2.45) is 5.92 Å². The van der Waals surface area contributed by atoms with Gasteiger partial charge in [0.05, 0.1) is 4.90 Å². The van der Waals surface area contributed by atoms with Crippen molar-refractivity contribution in [3.63, 3.8) is 0 Å². The molecule has 2 rings (SSSR count). The molecule has 7 nitrogen and oxygen atoms in total. The summed E-state index contributed by atoms with van der Waals surface area (Å²) in [5.41, 5.74) is 0.930. The summed E-state index contributed by atoms with van der Waals surface area (Å²) >= 11 is 0. The van der Waals surface area contributed by atoms with E-state index in [4.69, 9.17) is 4.74 Å². The van der Waals surface area contributed by atoms with E-state index >= 15 is 0 Å². The van der Waals surface area contributed by atoms with E-state index in [2.05, 4.69) is 10.0 Å². The van der Waals surface area contributed by atoms with Crippen LogP contribution in [0.25, 0.3) is 0 Å². The van der Waals surface area contributed by atoms with Crippen molar-refractivity contribution in [1.82, 2.24) is 10.0 Å². The van der Waals surface area contributed by atoms with Crippen LogP contribution in [0.5, 0.6) is 0 Å². The Kier molecular flexibility index (Phi) is 8.00. The third kappa shape index (κ3) is 6.60. The van der Waals surface area contributed by atoms with E-state index < -0.39 is 28.1 Å². The zero-order valence-corrected chi connectivity index (χ0v) is 17.6. The van der Waals surface area contributed by atoms with E-state index in [1.54, 1.807) is 12.1 Å². The minimum Gasteiger partial charge on any atom is -0.451 e. The first-order valence-corrected chi connectivity index (χ1v) is 11.2. The maximum absolute atomic E-state index is 12.4. The summed E-state index contributed by atoms with van der Waals surface area (Å²) in [5, 5.41) is 2.82. The number of aryl methyl sites for hydroxylation is 1. The van der Waals surface area contributed by atoms with Gasteiger partial charge in [-0.3, -0.25) is 9.59 Å². The molecule has 0 radical (unpaired) electrons. The van der Waals surface area contributed by atoms with Crippen molar-refractivity contribution in [1.29, 1.82) is 0 Å². The van der Waals surface area contributed by atoms with Crippen molar-refractivity contribution in [3.05, 3.63) is 29.8 Å². The number of amides is 1. The molecule has 1 aliphatic carbocycles. The number of benzene rings is 1. The minimum absolute atomic E-state index is 0.0658. The maximum atomic E-state index is 12.4. The predicted octanol–water partition coefficient (Wildman–Crippen LogP) is 2.29. The first-order chi connectivity index (χ1) is 13.2. The second kappa shape index (κ2) is 10.0. The van der Waals surface area contributed by atoms with Crippen molar-refractivity contribution < 1.29 is 22.7 Å². The molecule has 0 saturated heterocycles. The fraction of sp³-hybridized carbons (Fsp3) is 0.600. The first-order valence-electron chi connectivity index (χ1n) is 9.76. The van der Waals surface area contributed by atoms with E-state index in [9.17, 15) is 18.0 Å². The molecule has 1 aromatic carbocycles. The number of hydrogen-bond donors (Lipinski definition) is 2. The molecule has 1 saturated carbocycles. The molecule has 1 fully saturated rings. The van der Waals surface area contributed by atoms with Crippen LogP contribution < -0.4 is 10.0 Å². The van der Waals surface area contributed by atoms with E-state index in [-0.39, 0.29) is 10.8 Å². The molecule has 1 amide bonds. The normalized spacial score (nSPS) is 17.5. The lowest BCUT2D eigenvalue weighted by molar-refractivity contribution is -0.156. The minimum atomic E-state index is -3.85. The van der Waals surface area contributed by atoms with Gasteiger partial charge in [0.25, 0.3) is 5.91 Å². The number of rotatable bonds is 8. The van der Waals surface area contributed by atoms with Crippen molar-refractivity contribution in [2.45, 2.75) is 69.9 Å². The SMILES string of the molecule is Cc1ccc(S(=O)(=O)N[C@@H](C)C(=O)OC(C)C(=O)NCC2CCCCC2)cc1. The molecule has 1 aliphatic rings. The Morgan fingerprint density at radius 3 is 2.32 bits per heavy atom. The van der Waals surface area contributed by atoms with Gasteiger partial charge in [0.15, 0.2) is 6.10 Å². The van der Waals surface area contributed by atoms with Gasteiger partial charge in [0.1, 0.15) is 6.04 Å². The zero-order valence-electron chi connectivity index (χ0n) is 16.7. The number of nitrogens with one attached hydrogen (secondary N) is 2. The van der Waals surface area contributed by atoms with Crippen LogP contribution in [0.3, 0.4) is 0 Å². The fourth-order valence-corrected chi connectivity index (χ4v) is 4.37. The highest BCUT2D eigenvalue weighted by atomic mass is 32.2. The molecule has 0 heterocycles. The van der Waals surface area contributed by atoms with Crippen LogP contribution in [0.2, 0.25) is 0 Å². The van der Waals surface area contributed by atoms with Gasteiger partial charge in [0.2, 0.25) is 10.0 Å². The van der Waals surface area contributed by atoms with Crippen LogP contribution in [0.4, 0.5) is 0 Å². The van der Waals surface area contributed by atoms with Gasteiger partial charge in [0, 0.05) is 6.54 Å². The molecule has 0 bridgehead atoms. The van der Waals surface area contributed by atoms with Crippen molar-refractivity contribution in [2.75, 3.05) is 6.54 Å². The molecule has 0 aliphatic heterocycles. The molecule has 2 atom stereocenters. The number of ether oxygens (including phenoxy) is 1. The second-order valence-electron chi connectivity index (χ2n) is 7.48. The number of esters is 1. The second-order valence-corrected chi connectivity index (χ2v) is 9.20. The average molecular weight is 411 g/mol. The average Bonchev–Trinajstić information content (AvgIpc) is 2.66. The van der Waals surface area contributed by atoms with Gasteiger partial charge in [-0.25, -0.2) is 8.42 Å². The highest BCUT2D eigenvalue weighted by molar-refractivity contribution is 7.89. The lowest BCUT2D eigenvalue weighted by atomic mass is 9.89. The molecule has 0 aromatic heterocycles. The third-order valence-electron chi connectivity index (χ3n) is 4.97. The van der Waals surface area contributed by atoms with Crippen LogP contribution in [0.1, 0.15) is 51.5 Å². The van der Waals surface area contributed by atoms with Crippen molar-refractivity contribution in [3.8, 4) is 0 Å². The highest BCUT2D eigenvalue weighted by Crippen LogP contribution is 2.22. The quantitative estimate of drug-likeness (QED) is 0.640. The molecule has 1 unspecified atom stereocenters. The van der Waals surface area contributed by atoms with Crippen molar-refractivity contribution >= 4 is 21.9 Å². The Morgan fingerprint density at radius 1 is 1.11 bits per heavy atom. The summed E-state index contributed by atoms with van der Waals surface area (Å²) in [5.74, 6) is -0.690. The predicted molar refractivity (Wildman–Crippen MR) is 106 cm³/mol.